The van der Waals surface area contributed by atoms with Gasteiger partial charge in [-0.15, -0.1) is 12.4 Å². The van der Waals surface area contributed by atoms with Gasteiger partial charge in [-0.2, -0.15) is 0 Å². The van der Waals surface area contributed by atoms with E-state index in [1.807, 2.05) is 31.2 Å². The molecule has 1 heterocycles. The van der Waals surface area contributed by atoms with Crippen molar-refractivity contribution in [3.05, 3.63) is 47.9 Å². The van der Waals surface area contributed by atoms with Crippen LogP contribution in [0.25, 0.3) is 0 Å². The topological polar surface area (TPSA) is 61.0 Å². The van der Waals surface area contributed by atoms with E-state index in [0.717, 1.165) is 17.0 Å². The largest absolute Gasteiger partial charge is 0.438 e. The minimum absolute atomic E-state index is 0. The van der Waals surface area contributed by atoms with Gasteiger partial charge < -0.3 is 10.5 Å². The van der Waals surface area contributed by atoms with Crippen molar-refractivity contribution in [2.75, 3.05) is 0 Å². The van der Waals surface area contributed by atoms with Crippen LogP contribution in [0.5, 0.6) is 11.6 Å². The molecule has 0 unspecified atom stereocenters. The monoisotopic (exact) mass is 251 g/mol. The highest BCUT2D eigenvalue weighted by Crippen LogP contribution is 2.18. The lowest BCUT2D eigenvalue weighted by molar-refractivity contribution is 0.459. The molecule has 0 amide bonds. The predicted molar refractivity (Wildman–Crippen MR) is 68.4 cm³/mol. The summed E-state index contributed by atoms with van der Waals surface area (Å²) in [6.07, 6.45) is 3.27. The van der Waals surface area contributed by atoms with Crippen molar-refractivity contribution >= 4 is 12.4 Å². The van der Waals surface area contributed by atoms with Crippen LogP contribution in [0.15, 0.2) is 36.7 Å². The maximum atomic E-state index is 5.52. The second-order valence-corrected chi connectivity index (χ2v) is 3.45. The zero-order chi connectivity index (χ0) is 11.4. The molecule has 90 valence electrons. The average molecular weight is 252 g/mol. The van der Waals surface area contributed by atoms with Gasteiger partial charge in [0.05, 0.1) is 18.1 Å². The van der Waals surface area contributed by atoms with Crippen LogP contribution in [0, 0.1) is 6.92 Å². The third-order valence-corrected chi connectivity index (χ3v) is 2.14. The Morgan fingerprint density at radius 1 is 1.12 bits per heavy atom. The van der Waals surface area contributed by atoms with E-state index >= 15 is 0 Å². The van der Waals surface area contributed by atoms with Gasteiger partial charge in [-0.25, -0.2) is 4.98 Å². The highest BCUT2D eigenvalue weighted by atomic mass is 35.5. The molecule has 1 aromatic carbocycles. The summed E-state index contributed by atoms with van der Waals surface area (Å²) in [5.41, 5.74) is 7.44. The Morgan fingerprint density at radius 3 is 2.35 bits per heavy atom. The number of rotatable bonds is 3. The van der Waals surface area contributed by atoms with E-state index in [2.05, 4.69) is 9.97 Å². The number of halogens is 1. The Morgan fingerprint density at radius 2 is 1.82 bits per heavy atom. The quantitative estimate of drug-likeness (QED) is 0.910. The molecule has 0 aliphatic heterocycles. The maximum absolute atomic E-state index is 5.52. The van der Waals surface area contributed by atoms with Crippen molar-refractivity contribution in [3.8, 4) is 11.6 Å². The molecular weight excluding hydrogens is 238 g/mol. The van der Waals surface area contributed by atoms with E-state index in [4.69, 9.17) is 10.5 Å². The van der Waals surface area contributed by atoms with E-state index in [1.54, 1.807) is 12.4 Å². The third-order valence-electron chi connectivity index (χ3n) is 2.14. The Bertz CT molecular complexity index is 456. The molecule has 1 aromatic heterocycles. The number of ether oxygens (including phenoxy) is 1. The van der Waals surface area contributed by atoms with Crippen molar-refractivity contribution in [1.82, 2.24) is 9.97 Å². The first-order chi connectivity index (χ1) is 7.78. The Balaban J connectivity index is 0.00000144. The maximum Gasteiger partial charge on any atom is 0.237 e. The molecule has 0 aliphatic rings. The molecule has 0 aliphatic carbocycles. The Hall–Kier alpha value is -1.65. The summed E-state index contributed by atoms with van der Waals surface area (Å²) in [5, 5.41) is 0. The molecule has 0 atom stereocenters. The molecule has 2 rings (SSSR count). The minimum Gasteiger partial charge on any atom is -0.438 e. The molecule has 0 spiro atoms. The molecule has 0 radical (unpaired) electrons. The molecule has 0 saturated carbocycles. The van der Waals surface area contributed by atoms with Gasteiger partial charge in [0.1, 0.15) is 5.75 Å². The summed E-state index contributed by atoms with van der Waals surface area (Å²) < 4.78 is 5.52. The smallest absolute Gasteiger partial charge is 0.237 e. The summed E-state index contributed by atoms with van der Waals surface area (Å²) in [6, 6.07) is 7.58. The van der Waals surface area contributed by atoms with Gasteiger partial charge in [-0.3, -0.25) is 4.98 Å². The lowest BCUT2D eigenvalue weighted by Crippen LogP contribution is -1.95. The third kappa shape index (κ3) is 3.69. The zero-order valence-electron chi connectivity index (χ0n) is 9.46. The molecule has 2 N–H and O–H groups in total. The fourth-order valence-corrected chi connectivity index (χ4v) is 1.25. The molecular formula is C12H14ClN3O. The van der Waals surface area contributed by atoms with Crippen LogP contribution in [0.3, 0.4) is 0 Å². The molecule has 0 fully saturated rings. The minimum atomic E-state index is 0. The van der Waals surface area contributed by atoms with Crippen molar-refractivity contribution in [3.63, 3.8) is 0 Å². The fourth-order valence-electron chi connectivity index (χ4n) is 1.25. The van der Waals surface area contributed by atoms with Gasteiger partial charge in [-0.05, 0) is 24.6 Å². The number of benzene rings is 1. The van der Waals surface area contributed by atoms with Crippen molar-refractivity contribution in [2.45, 2.75) is 13.5 Å². The van der Waals surface area contributed by atoms with Crippen LogP contribution in [0.2, 0.25) is 0 Å². The summed E-state index contributed by atoms with van der Waals surface area (Å²) in [5.74, 6) is 1.22. The van der Waals surface area contributed by atoms with Crippen LogP contribution in [-0.2, 0) is 6.54 Å². The first kappa shape index (κ1) is 13.4. The van der Waals surface area contributed by atoms with Crippen molar-refractivity contribution in [2.24, 2.45) is 5.73 Å². The van der Waals surface area contributed by atoms with Gasteiger partial charge in [-0.1, -0.05) is 12.1 Å². The molecule has 2 aromatic rings. The predicted octanol–water partition coefficient (Wildman–Crippen LogP) is 2.46. The van der Waals surface area contributed by atoms with E-state index in [1.165, 1.54) is 0 Å². The Kier molecular flexibility index (Phi) is 4.87. The number of hydrogen-bond acceptors (Lipinski definition) is 4. The van der Waals surface area contributed by atoms with Gasteiger partial charge in [0, 0.05) is 6.54 Å². The van der Waals surface area contributed by atoms with Crippen LogP contribution in [-0.4, -0.2) is 9.97 Å². The van der Waals surface area contributed by atoms with Gasteiger partial charge in [0.15, 0.2) is 0 Å². The van der Waals surface area contributed by atoms with Gasteiger partial charge in [0.2, 0.25) is 5.88 Å². The molecule has 17 heavy (non-hydrogen) atoms. The highest BCUT2D eigenvalue weighted by Gasteiger charge is 1.98. The van der Waals surface area contributed by atoms with E-state index in [0.29, 0.717) is 12.4 Å². The first-order valence-electron chi connectivity index (χ1n) is 5.03. The highest BCUT2D eigenvalue weighted by molar-refractivity contribution is 5.85. The standard InChI is InChI=1S/C12H13N3O.ClH/c1-9-7-15-12(8-14-9)16-11-4-2-10(6-13)3-5-11;/h2-5,7-8H,6,13H2,1H3;1H. The SMILES string of the molecule is Cc1cnc(Oc2ccc(CN)cc2)cn1.Cl. The summed E-state index contributed by atoms with van der Waals surface area (Å²) in [4.78, 5) is 8.21. The van der Waals surface area contributed by atoms with Crippen LogP contribution >= 0.6 is 12.4 Å². The summed E-state index contributed by atoms with van der Waals surface area (Å²) in [6.45, 7) is 2.41. The molecule has 4 nitrogen and oxygen atoms in total. The van der Waals surface area contributed by atoms with E-state index < -0.39 is 0 Å². The molecule has 0 saturated heterocycles. The fraction of sp³-hybridized carbons (Fsp3) is 0.167. The second kappa shape index (κ2) is 6.18. The summed E-state index contributed by atoms with van der Waals surface area (Å²) >= 11 is 0. The lowest BCUT2D eigenvalue weighted by atomic mass is 10.2. The first-order valence-corrected chi connectivity index (χ1v) is 5.03. The molecule has 0 bridgehead atoms. The second-order valence-electron chi connectivity index (χ2n) is 3.45. The van der Waals surface area contributed by atoms with Crippen molar-refractivity contribution in [1.29, 1.82) is 0 Å². The normalized spacial score (nSPS) is 9.53. The zero-order valence-corrected chi connectivity index (χ0v) is 10.3. The number of aryl methyl sites for hydroxylation is 1. The number of hydrogen-bond donors (Lipinski definition) is 1. The average Bonchev–Trinajstić information content (AvgIpc) is 2.33. The van der Waals surface area contributed by atoms with E-state index in [-0.39, 0.29) is 12.4 Å². The lowest BCUT2D eigenvalue weighted by Gasteiger charge is -2.04. The number of aromatic nitrogens is 2. The van der Waals surface area contributed by atoms with Crippen molar-refractivity contribution < 1.29 is 4.74 Å². The van der Waals surface area contributed by atoms with Crippen LogP contribution < -0.4 is 10.5 Å². The van der Waals surface area contributed by atoms with Crippen LogP contribution in [0.4, 0.5) is 0 Å². The van der Waals surface area contributed by atoms with Crippen LogP contribution in [0.1, 0.15) is 11.3 Å². The number of nitrogens with zero attached hydrogens (tertiary/aromatic N) is 2. The number of nitrogens with two attached hydrogens (primary N) is 1. The van der Waals surface area contributed by atoms with Gasteiger partial charge >= 0.3 is 0 Å². The van der Waals surface area contributed by atoms with Gasteiger partial charge in [0.25, 0.3) is 0 Å². The van der Waals surface area contributed by atoms with E-state index in [9.17, 15) is 0 Å². The summed E-state index contributed by atoms with van der Waals surface area (Å²) in [7, 11) is 0. The Labute approximate surface area is 106 Å². The molecule has 5 heteroatoms.